The Kier molecular flexibility index (Phi) is 5.76. The quantitative estimate of drug-likeness (QED) is 0.233. The third kappa shape index (κ3) is 4.19. The molecular weight excluding hydrogens is 502 g/mol. The maximum absolute atomic E-state index is 6.38. The molecule has 3 heterocycles. The molecule has 0 aliphatic heterocycles. The molecule has 7 rings (SSSR count). The van der Waals surface area contributed by atoms with Crippen molar-refractivity contribution in [3.8, 4) is 44.9 Å². The van der Waals surface area contributed by atoms with Crippen molar-refractivity contribution in [1.82, 2.24) is 24.9 Å². The first-order valence-corrected chi connectivity index (χ1v) is 12.9. The Labute approximate surface area is 229 Å². The highest BCUT2D eigenvalue weighted by molar-refractivity contribution is 6.29. The van der Waals surface area contributed by atoms with Crippen LogP contribution in [0.15, 0.2) is 121 Å². The molecule has 0 aliphatic rings. The Morgan fingerprint density at radius 2 is 0.949 bits per heavy atom. The fourth-order valence-electron chi connectivity index (χ4n) is 4.91. The molecule has 0 atom stereocenters. The fraction of sp³-hybridized carbons (Fsp3) is 0. The molecule has 0 radical (unpaired) electrons. The van der Waals surface area contributed by atoms with Gasteiger partial charge in [0.15, 0.2) is 5.65 Å². The lowest BCUT2D eigenvalue weighted by Gasteiger charge is -2.19. The predicted octanol–water partition coefficient (Wildman–Crippen LogP) is 8.29. The zero-order valence-corrected chi connectivity index (χ0v) is 21.4. The average Bonchev–Trinajstić information content (AvgIpc) is 3.01. The van der Waals surface area contributed by atoms with Gasteiger partial charge in [-0.3, -0.25) is 0 Å². The summed E-state index contributed by atoms with van der Waals surface area (Å²) < 4.78 is 0. The van der Waals surface area contributed by atoms with E-state index in [1.54, 1.807) is 0 Å². The number of rotatable bonds is 4. The monoisotopic (exact) mass is 521 g/mol. The van der Waals surface area contributed by atoms with Crippen LogP contribution >= 0.6 is 11.6 Å². The number of hydrogen-bond donors (Lipinski definition) is 0. The Hall–Kier alpha value is -5.00. The van der Waals surface area contributed by atoms with Crippen molar-refractivity contribution >= 4 is 33.8 Å². The largest absolute Gasteiger partial charge is 0.244 e. The van der Waals surface area contributed by atoms with E-state index in [0.717, 1.165) is 44.5 Å². The van der Waals surface area contributed by atoms with Gasteiger partial charge in [0.2, 0.25) is 0 Å². The molecule has 4 aromatic carbocycles. The molecule has 0 amide bonds. The van der Waals surface area contributed by atoms with Crippen molar-refractivity contribution in [3.63, 3.8) is 0 Å². The van der Waals surface area contributed by atoms with Gasteiger partial charge in [-0.25, -0.2) is 24.9 Å². The minimum Gasteiger partial charge on any atom is -0.244 e. The number of hydrogen-bond acceptors (Lipinski definition) is 5. The molecule has 0 unspecified atom stereocenters. The minimum absolute atomic E-state index is 0.309. The number of aromatic nitrogens is 5. The third-order valence-electron chi connectivity index (χ3n) is 6.63. The molecule has 3 aromatic heterocycles. The zero-order chi connectivity index (χ0) is 26.2. The Bertz CT molecular complexity index is 1960. The van der Waals surface area contributed by atoms with Crippen molar-refractivity contribution in [2.24, 2.45) is 0 Å². The molecule has 0 N–H and O–H groups in total. The average molecular weight is 522 g/mol. The fourth-order valence-corrected chi connectivity index (χ4v) is 5.05. The highest BCUT2D eigenvalue weighted by atomic mass is 35.5. The van der Waals surface area contributed by atoms with Crippen LogP contribution in [0, 0.1) is 0 Å². The second kappa shape index (κ2) is 9.71. The normalized spacial score (nSPS) is 11.2. The van der Waals surface area contributed by atoms with E-state index in [1.807, 2.05) is 91.0 Å². The van der Waals surface area contributed by atoms with E-state index in [9.17, 15) is 0 Å². The first-order valence-electron chi connectivity index (χ1n) is 12.6. The second-order valence-corrected chi connectivity index (χ2v) is 9.47. The molecular formula is C33H20ClN5. The van der Waals surface area contributed by atoms with Crippen molar-refractivity contribution < 1.29 is 0 Å². The third-order valence-corrected chi connectivity index (χ3v) is 6.81. The van der Waals surface area contributed by atoms with Crippen molar-refractivity contribution in [2.45, 2.75) is 0 Å². The van der Waals surface area contributed by atoms with Gasteiger partial charge in [0.05, 0.1) is 22.9 Å². The van der Waals surface area contributed by atoms with E-state index in [0.29, 0.717) is 27.7 Å². The molecule has 39 heavy (non-hydrogen) atoms. The lowest BCUT2D eigenvalue weighted by molar-refractivity contribution is 1.20. The van der Waals surface area contributed by atoms with Crippen LogP contribution in [0.25, 0.3) is 67.1 Å². The summed E-state index contributed by atoms with van der Waals surface area (Å²) in [4.78, 5) is 24.7. The Balaban J connectivity index is 1.68. The molecule has 184 valence electrons. The number of halogens is 1. The number of benzene rings is 4. The molecule has 0 saturated heterocycles. The molecule has 0 bridgehead atoms. The summed E-state index contributed by atoms with van der Waals surface area (Å²) in [6, 6.07) is 38.3. The maximum atomic E-state index is 6.38. The van der Waals surface area contributed by atoms with Crippen LogP contribution in [0.1, 0.15) is 0 Å². The Morgan fingerprint density at radius 3 is 1.56 bits per heavy atom. The molecule has 6 heteroatoms. The molecule has 0 saturated carbocycles. The van der Waals surface area contributed by atoms with Crippen LogP contribution in [0.5, 0.6) is 0 Å². The zero-order valence-electron chi connectivity index (χ0n) is 20.7. The maximum Gasteiger partial charge on any atom is 0.179 e. The van der Waals surface area contributed by atoms with Gasteiger partial charge in [-0.1, -0.05) is 115 Å². The van der Waals surface area contributed by atoms with E-state index >= 15 is 0 Å². The Morgan fingerprint density at radius 1 is 0.436 bits per heavy atom. The van der Waals surface area contributed by atoms with E-state index in [-0.39, 0.29) is 0 Å². The van der Waals surface area contributed by atoms with E-state index in [1.165, 1.54) is 6.20 Å². The van der Waals surface area contributed by atoms with Crippen molar-refractivity contribution in [3.05, 3.63) is 127 Å². The van der Waals surface area contributed by atoms with Crippen LogP contribution < -0.4 is 0 Å². The van der Waals surface area contributed by atoms with Gasteiger partial charge >= 0.3 is 0 Å². The minimum atomic E-state index is 0.309. The molecule has 0 aliphatic carbocycles. The highest BCUT2D eigenvalue weighted by Gasteiger charge is 2.25. The molecule has 0 fully saturated rings. The lowest BCUT2D eigenvalue weighted by Crippen LogP contribution is -2.03. The summed E-state index contributed by atoms with van der Waals surface area (Å²) in [6.45, 7) is 0. The van der Waals surface area contributed by atoms with E-state index in [2.05, 4.69) is 29.2 Å². The highest BCUT2D eigenvalue weighted by Crippen LogP contribution is 2.44. The first-order chi connectivity index (χ1) is 19.3. The SMILES string of the molecule is Clc1cnc2nc(-c3nc4ccccc4nc3-c3ccccc3)c(-c3ccccc3)c(-c3ccccc3)c2n1. The van der Waals surface area contributed by atoms with Crippen molar-refractivity contribution in [2.75, 3.05) is 0 Å². The van der Waals surface area contributed by atoms with Crippen LogP contribution in [0.4, 0.5) is 0 Å². The van der Waals surface area contributed by atoms with Gasteiger partial charge in [-0.2, -0.15) is 0 Å². The molecule has 0 spiro atoms. The van der Waals surface area contributed by atoms with Gasteiger partial charge in [0.1, 0.15) is 22.1 Å². The standard InChI is InChI=1S/C33H20ClN5/c34-26-20-35-33-31(38-26)28(22-14-6-2-7-15-22)27(21-12-4-1-5-13-21)30(39-33)32-29(23-16-8-3-9-17-23)36-24-18-10-11-19-25(24)37-32/h1-20H. The number of para-hydroxylation sites is 2. The van der Waals surface area contributed by atoms with Crippen molar-refractivity contribution in [1.29, 1.82) is 0 Å². The molecule has 5 nitrogen and oxygen atoms in total. The number of pyridine rings is 1. The smallest absolute Gasteiger partial charge is 0.179 e. The number of fused-ring (bicyclic) bond motifs is 2. The first kappa shape index (κ1) is 23.1. The van der Waals surface area contributed by atoms with E-state index < -0.39 is 0 Å². The lowest BCUT2D eigenvalue weighted by atomic mass is 9.90. The summed E-state index contributed by atoms with van der Waals surface area (Å²) >= 11 is 6.38. The van der Waals surface area contributed by atoms with Gasteiger partial charge in [0.25, 0.3) is 0 Å². The summed E-state index contributed by atoms with van der Waals surface area (Å²) in [7, 11) is 0. The van der Waals surface area contributed by atoms with Crippen LogP contribution in [-0.4, -0.2) is 24.9 Å². The summed E-state index contributed by atoms with van der Waals surface area (Å²) in [5.41, 5.74) is 9.54. The summed E-state index contributed by atoms with van der Waals surface area (Å²) in [5.74, 6) is 0. The molecule has 7 aromatic rings. The topological polar surface area (TPSA) is 64.5 Å². The summed E-state index contributed by atoms with van der Waals surface area (Å²) in [5, 5.41) is 0.309. The van der Waals surface area contributed by atoms with Gasteiger partial charge in [0, 0.05) is 16.7 Å². The van der Waals surface area contributed by atoms with Gasteiger partial charge in [-0.05, 0) is 23.3 Å². The number of nitrogens with zero attached hydrogens (tertiary/aromatic N) is 5. The van der Waals surface area contributed by atoms with E-state index in [4.69, 9.17) is 31.5 Å². The predicted molar refractivity (Wildman–Crippen MR) is 157 cm³/mol. The second-order valence-electron chi connectivity index (χ2n) is 9.08. The van der Waals surface area contributed by atoms with Gasteiger partial charge in [-0.15, -0.1) is 0 Å². The van der Waals surface area contributed by atoms with Crippen LogP contribution in [0.2, 0.25) is 5.15 Å². The van der Waals surface area contributed by atoms with Crippen LogP contribution in [0.3, 0.4) is 0 Å². The van der Waals surface area contributed by atoms with Gasteiger partial charge < -0.3 is 0 Å². The van der Waals surface area contributed by atoms with Crippen LogP contribution in [-0.2, 0) is 0 Å². The summed E-state index contributed by atoms with van der Waals surface area (Å²) in [6.07, 6.45) is 1.53.